The first-order valence-corrected chi connectivity index (χ1v) is 7.96. The second-order valence-electron chi connectivity index (χ2n) is 6.96. The summed E-state index contributed by atoms with van der Waals surface area (Å²) >= 11 is 0. The number of pyridine rings is 1. The Morgan fingerprint density at radius 1 is 1.39 bits per heavy atom. The zero-order valence-corrected chi connectivity index (χ0v) is 14.4. The van der Waals surface area contributed by atoms with Gasteiger partial charge in [0, 0.05) is 14.1 Å². The Hall–Kier alpha value is -2.17. The maximum absolute atomic E-state index is 13.0. The molecule has 2 amide bonds. The number of amides is 2. The highest BCUT2D eigenvalue weighted by molar-refractivity contribution is 6.08. The Labute approximate surface area is 136 Å². The van der Waals surface area contributed by atoms with E-state index in [-0.39, 0.29) is 17.7 Å². The first kappa shape index (κ1) is 15.7. The standard InChI is InChI=1S/C18H23N3O2/c1-9-15-14(17(23)21(6)18(9,3)4)13(11-7-8-11)12(10(2)20-15)16(22)19-5/h11H,1,7-8H2,2-6H3,(H,19,22). The molecule has 1 aliphatic carbocycles. The highest BCUT2D eigenvalue weighted by Gasteiger charge is 2.44. The van der Waals surface area contributed by atoms with Crippen LogP contribution in [0.5, 0.6) is 0 Å². The number of nitrogens with zero attached hydrogens (tertiary/aromatic N) is 2. The van der Waals surface area contributed by atoms with E-state index in [4.69, 9.17) is 0 Å². The van der Waals surface area contributed by atoms with Gasteiger partial charge in [0.15, 0.2) is 0 Å². The third kappa shape index (κ3) is 2.10. The zero-order valence-electron chi connectivity index (χ0n) is 14.4. The molecule has 1 aromatic heterocycles. The molecule has 1 saturated carbocycles. The summed E-state index contributed by atoms with van der Waals surface area (Å²) in [6, 6.07) is 0. The van der Waals surface area contributed by atoms with Crippen molar-refractivity contribution >= 4 is 17.4 Å². The molecular weight excluding hydrogens is 290 g/mol. The summed E-state index contributed by atoms with van der Waals surface area (Å²) in [5.41, 5.74) is 3.65. The van der Waals surface area contributed by atoms with Gasteiger partial charge in [0.25, 0.3) is 11.8 Å². The minimum atomic E-state index is -0.487. The largest absolute Gasteiger partial charge is 0.355 e. The van der Waals surface area contributed by atoms with Crippen LogP contribution in [0.15, 0.2) is 6.58 Å². The van der Waals surface area contributed by atoms with E-state index < -0.39 is 5.54 Å². The first-order valence-electron chi connectivity index (χ1n) is 7.96. The molecule has 1 aliphatic heterocycles. The number of fused-ring (bicyclic) bond motifs is 1. The summed E-state index contributed by atoms with van der Waals surface area (Å²) in [6.07, 6.45) is 2.01. The Morgan fingerprint density at radius 2 is 2.00 bits per heavy atom. The monoisotopic (exact) mass is 313 g/mol. The number of rotatable bonds is 2. The van der Waals surface area contributed by atoms with E-state index in [0.717, 1.165) is 24.0 Å². The molecule has 1 N–H and O–H groups in total. The molecule has 2 heterocycles. The van der Waals surface area contributed by atoms with E-state index in [1.165, 1.54) is 0 Å². The van der Waals surface area contributed by atoms with Gasteiger partial charge in [-0.2, -0.15) is 0 Å². The summed E-state index contributed by atoms with van der Waals surface area (Å²) < 4.78 is 0. The molecule has 0 unspecified atom stereocenters. The van der Waals surface area contributed by atoms with Crippen LogP contribution >= 0.6 is 0 Å². The van der Waals surface area contributed by atoms with Crippen LogP contribution in [0.3, 0.4) is 0 Å². The van der Waals surface area contributed by atoms with Crippen molar-refractivity contribution in [3.05, 3.63) is 34.7 Å². The van der Waals surface area contributed by atoms with E-state index in [0.29, 0.717) is 22.5 Å². The maximum atomic E-state index is 13.0. The maximum Gasteiger partial charge on any atom is 0.256 e. The number of aryl methyl sites for hydroxylation is 1. The zero-order chi connectivity index (χ0) is 17.1. The van der Waals surface area contributed by atoms with Gasteiger partial charge in [0.1, 0.15) is 0 Å². The van der Waals surface area contributed by atoms with Gasteiger partial charge in [-0.05, 0) is 50.7 Å². The summed E-state index contributed by atoms with van der Waals surface area (Å²) in [7, 11) is 3.39. The van der Waals surface area contributed by atoms with Crippen LogP contribution in [0.1, 0.15) is 70.3 Å². The van der Waals surface area contributed by atoms with Crippen LogP contribution in [-0.2, 0) is 0 Å². The second-order valence-corrected chi connectivity index (χ2v) is 6.96. The summed E-state index contributed by atoms with van der Waals surface area (Å²) in [5.74, 6) is 0.0201. The van der Waals surface area contributed by atoms with Gasteiger partial charge >= 0.3 is 0 Å². The number of hydrogen-bond donors (Lipinski definition) is 1. The lowest BCUT2D eigenvalue weighted by molar-refractivity contribution is 0.0683. The average molecular weight is 313 g/mol. The van der Waals surface area contributed by atoms with Crippen molar-refractivity contribution in [3.8, 4) is 0 Å². The predicted octanol–water partition coefficient (Wildman–Crippen LogP) is 2.50. The molecule has 1 fully saturated rings. The van der Waals surface area contributed by atoms with E-state index in [9.17, 15) is 9.59 Å². The lowest BCUT2D eigenvalue weighted by Gasteiger charge is -2.42. The van der Waals surface area contributed by atoms with Gasteiger partial charge in [0.2, 0.25) is 0 Å². The van der Waals surface area contributed by atoms with E-state index >= 15 is 0 Å². The van der Waals surface area contributed by atoms with Crippen molar-refractivity contribution in [2.75, 3.05) is 14.1 Å². The summed E-state index contributed by atoms with van der Waals surface area (Å²) in [6.45, 7) is 9.96. The lowest BCUT2D eigenvalue weighted by Crippen LogP contribution is -2.50. The van der Waals surface area contributed by atoms with Crippen LogP contribution in [0.2, 0.25) is 0 Å². The normalized spacial score (nSPS) is 19.6. The van der Waals surface area contributed by atoms with Gasteiger partial charge in [-0.1, -0.05) is 6.58 Å². The van der Waals surface area contributed by atoms with Gasteiger partial charge in [0.05, 0.1) is 28.1 Å². The fraction of sp³-hybridized carbons (Fsp3) is 0.500. The van der Waals surface area contributed by atoms with Crippen molar-refractivity contribution in [1.82, 2.24) is 15.2 Å². The number of carbonyl (C=O) groups excluding carboxylic acids is 2. The van der Waals surface area contributed by atoms with Crippen LogP contribution in [0.4, 0.5) is 0 Å². The predicted molar refractivity (Wildman–Crippen MR) is 89.5 cm³/mol. The fourth-order valence-electron chi connectivity index (χ4n) is 3.27. The molecule has 122 valence electrons. The molecule has 5 heteroatoms. The Balaban J connectivity index is 2.36. The van der Waals surface area contributed by atoms with Crippen molar-refractivity contribution in [2.45, 2.75) is 45.1 Å². The molecule has 1 aromatic rings. The van der Waals surface area contributed by atoms with Gasteiger partial charge < -0.3 is 10.2 Å². The number of likely N-dealkylation sites (N-methyl/N-ethyl adjacent to an activating group) is 1. The molecule has 0 radical (unpaired) electrons. The smallest absolute Gasteiger partial charge is 0.256 e. The molecular formula is C18H23N3O2. The molecule has 23 heavy (non-hydrogen) atoms. The molecule has 0 saturated heterocycles. The molecule has 0 atom stereocenters. The minimum Gasteiger partial charge on any atom is -0.355 e. The SMILES string of the molecule is C=C1c2nc(C)c(C(=O)NC)c(C3CC3)c2C(=O)N(C)C1(C)C. The molecule has 2 aliphatic rings. The van der Waals surface area contributed by atoms with E-state index in [1.807, 2.05) is 20.8 Å². The van der Waals surface area contributed by atoms with Gasteiger partial charge in [-0.3, -0.25) is 14.6 Å². The van der Waals surface area contributed by atoms with Gasteiger partial charge in [-0.25, -0.2) is 0 Å². The number of nitrogens with one attached hydrogen (secondary N) is 1. The molecule has 0 aromatic carbocycles. The van der Waals surface area contributed by atoms with Gasteiger partial charge in [-0.15, -0.1) is 0 Å². The quantitative estimate of drug-likeness (QED) is 0.912. The third-order valence-electron chi connectivity index (χ3n) is 5.24. The van der Waals surface area contributed by atoms with Crippen molar-refractivity contribution in [1.29, 1.82) is 0 Å². The lowest BCUT2D eigenvalue weighted by atomic mass is 9.80. The summed E-state index contributed by atoms with van der Waals surface area (Å²) in [5, 5.41) is 2.68. The van der Waals surface area contributed by atoms with Crippen molar-refractivity contribution < 1.29 is 9.59 Å². The summed E-state index contributed by atoms with van der Waals surface area (Å²) in [4.78, 5) is 31.7. The van der Waals surface area contributed by atoms with E-state index in [2.05, 4.69) is 16.9 Å². The minimum absolute atomic E-state index is 0.0723. The van der Waals surface area contributed by atoms with E-state index in [1.54, 1.807) is 19.0 Å². The Morgan fingerprint density at radius 3 is 2.52 bits per heavy atom. The van der Waals surface area contributed by atoms with Crippen LogP contribution in [-0.4, -0.2) is 41.3 Å². The molecule has 0 spiro atoms. The number of aromatic nitrogens is 1. The topological polar surface area (TPSA) is 62.3 Å². The highest BCUT2D eigenvalue weighted by Crippen LogP contribution is 2.48. The average Bonchev–Trinajstić information content (AvgIpc) is 3.34. The third-order valence-corrected chi connectivity index (χ3v) is 5.24. The molecule has 5 nitrogen and oxygen atoms in total. The second kappa shape index (κ2) is 4.91. The molecule has 3 rings (SSSR count). The van der Waals surface area contributed by atoms with Crippen LogP contribution in [0.25, 0.3) is 5.57 Å². The van der Waals surface area contributed by atoms with Crippen molar-refractivity contribution in [2.24, 2.45) is 0 Å². The first-order chi connectivity index (χ1) is 10.7. The van der Waals surface area contributed by atoms with Crippen LogP contribution in [0, 0.1) is 6.92 Å². The highest BCUT2D eigenvalue weighted by atomic mass is 16.2. The number of hydrogen-bond acceptors (Lipinski definition) is 3. The van der Waals surface area contributed by atoms with Crippen LogP contribution < -0.4 is 5.32 Å². The molecule has 0 bridgehead atoms. The number of carbonyl (C=O) groups is 2. The Bertz CT molecular complexity index is 745. The Kier molecular flexibility index (Phi) is 3.36. The van der Waals surface area contributed by atoms with Crippen molar-refractivity contribution in [3.63, 3.8) is 0 Å². The fourth-order valence-corrected chi connectivity index (χ4v) is 3.27.